The van der Waals surface area contributed by atoms with Gasteiger partial charge in [-0.15, -0.1) is 0 Å². The van der Waals surface area contributed by atoms with Crippen LogP contribution in [0.5, 0.6) is 0 Å². The van der Waals surface area contributed by atoms with Crippen LogP contribution in [-0.4, -0.2) is 37.2 Å². The van der Waals surface area contributed by atoms with E-state index in [1.54, 1.807) is 0 Å². The molecular formula is C73H120O6. The molecule has 0 aromatic heterocycles. The van der Waals surface area contributed by atoms with Crippen molar-refractivity contribution in [2.75, 3.05) is 13.2 Å². The quantitative estimate of drug-likeness (QED) is 0.0261. The molecule has 0 amide bonds. The topological polar surface area (TPSA) is 78.9 Å². The highest BCUT2D eigenvalue weighted by Gasteiger charge is 2.19. The summed E-state index contributed by atoms with van der Waals surface area (Å²) >= 11 is 0. The van der Waals surface area contributed by atoms with E-state index in [-0.39, 0.29) is 37.5 Å². The number of ether oxygens (including phenoxy) is 3. The highest BCUT2D eigenvalue weighted by atomic mass is 16.6. The molecule has 0 saturated carbocycles. The number of unbranched alkanes of at least 4 members (excludes halogenated alkanes) is 25. The van der Waals surface area contributed by atoms with Gasteiger partial charge in [-0.25, -0.2) is 0 Å². The number of carbonyl (C=O) groups is 3. The zero-order chi connectivity index (χ0) is 57.1. The Kier molecular flexibility index (Phi) is 62.3. The van der Waals surface area contributed by atoms with Crippen LogP contribution in [0.3, 0.4) is 0 Å². The summed E-state index contributed by atoms with van der Waals surface area (Å²) in [6, 6.07) is 0. The second kappa shape index (κ2) is 66.1. The third-order valence-corrected chi connectivity index (χ3v) is 13.6. The fraction of sp³-hybridized carbons (Fsp3) is 0.658. The molecular weight excluding hydrogens is 973 g/mol. The molecule has 0 spiro atoms. The maximum absolute atomic E-state index is 12.9. The molecule has 6 nitrogen and oxygen atoms in total. The third kappa shape index (κ3) is 64.3. The molecule has 0 aromatic carbocycles. The molecule has 0 aliphatic heterocycles. The molecule has 1 atom stereocenters. The van der Waals surface area contributed by atoms with Crippen LogP contribution in [-0.2, 0) is 28.6 Å². The minimum Gasteiger partial charge on any atom is -0.462 e. The number of hydrogen-bond donors (Lipinski definition) is 0. The second-order valence-corrected chi connectivity index (χ2v) is 21.3. The van der Waals surface area contributed by atoms with Crippen molar-refractivity contribution < 1.29 is 28.6 Å². The highest BCUT2D eigenvalue weighted by molar-refractivity contribution is 5.71. The fourth-order valence-corrected chi connectivity index (χ4v) is 8.72. The molecule has 0 heterocycles. The zero-order valence-electron chi connectivity index (χ0n) is 51.3. The molecule has 6 heteroatoms. The van der Waals surface area contributed by atoms with Gasteiger partial charge in [0.25, 0.3) is 0 Å². The Balaban J connectivity index is 4.50. The van der Waals surface area contributed by atoms with Crippen LogP contribution >= 0.6 is 0 Å². The molecule has 0 aliphatic rings. The summed E-state index contributed by atoms with van der Waals surface area (Å²) in [6.45, 7) is 6.45. The number of esters is 3. The molecule has 1 unspecified atom stereocenters. The monoisotopic (exact) mass is 1090 g/mol. The Bertz CT molecular complexity index is 1680. The van der Waals surface area contributed by atoms with Crippen molar-refractivity contribution in [2.45, 2.75) is 297 Å². The van der Waals surface area contributed by atoms with Crippen LogP contribution in [0.1, 0.15) is 290 Å². The van der Waals surface area contributed by atoms with Gasteiger partial charge in [0.2, 0.25) is 0 Å². The van der Waals surface area contributed by atoms with Gasteiger partial charge in [0.15, 0.2) is 6.10 Å². The van der Waals surface area contributed by atoms with Gasteiger partial charge in [-0.2, -0.15) is 0 Å². The van der Waals surface area contributed by atoms with Crippen LogP contribution in [0.25, 0.3) is 0 Å². The predicted octanol–water partition coefficient (Wildman–Crippen LogP) is 22.5. The van der Waals surface area contributed by atoms with E-state index in [4.69, 9.17) is 14.2 Å². The van der Waals surface area contributed by atoms with Crippen LogP contribution in [0.4, 0.5) is 0 Å². The summed E-state index contributed by atoms with van der Waals surface area (Å²) in [5.74, 6) is -0.961. The van der Waals surface area contributed by atoms with Crippen molar-refractivity contribution in [3.05, 3.63) is 134 Å². The zero-order valence-corrected chi connectivity index (χ0v) is 51.3. The Hall–Kier alpha value is -4.45. The highest BCUT2D eigenvalue weighted by Crippen LogP contribution is 2.15. The maximum Gasteiger partial charge on any atom is 0.306 e. The molecule has 79 heavy (non-hydrogen) atoms. The van der Waals surface area contributed by atoms with E-state index in [1.165, 1.54) is 122 Å². The first-order chi connectivity index (χ1) is 39.0. The van der Waals surface area contributed by atoms with Gasteiger partial charge in [0.05, 0.1) is 0 Å². The van der Waals surface area contributed by atoms with E-state index in [0.29, 0.717) is 19.3 Å². The molecule has 0 rings (SSSR count). The first-order valence-electron chi connectivity index (χ1n) is 32.7. The molecule has 0 aromatic rings. The number of hydrogen-bond acceptors (Lipinski definition) is 6. The van der Waals surface area contributed by atoms with Gasteiger partial charge >= 0.3 is 17.9 Å². The predicted molar refractivity (Wildman–Crippen MR) is 343 cm³/mol. The molecule has 0 radical (unpaired) electrons. The fourth-order valence-electron chi connectivity index (χ4n) is 8.72. The van der Waals surface area contributed by atoms with Crippen LogP contribution in [0.2, 0.25) is 0 Å². The lowest BCUT2D eigenvalue weighted by atomic mass is 10.1. The van der Waals surface area contributed by atoms with Crippen molar-refractivity contribution >= 4 is 17.9 Å². The van der Waals surface area contributed by atoms with Gasteiger partial charge in [-0.3, -0.25) is 14.4 Å². The lowest BCUT2D eigenvalue weighted by Crippen LogP contribution is -2.30. The molecule has 448 valence electrons. The summed E-state index contributed by atoms with van der Waals surface area (Å²) in [7, 11) is 0. The van der Waals surface area contributed by atoms with Crippen molar-refractivity contribution in [1.29, 1.82) is 0 Å². The molecule has 0 bridgehead atoms. The van der Waals surface area contributed by atoms with E-state index in [2.05, 4.69) is 154 Å². The Labute approximate surface area is 487 Å². The van der Waals surface area contributed by atoms with Crippen LogP contribution < -0.4 is 0 Å². The van der Waals surface area contributed by atoms with Gasteiger partial charge in [0.1, 0.15) is 13.2 Å². The summed E-state index contributed by atoms with van der Waals surface area (Å²) in [5.41, 5.74) is 0. The summed E-state index contributed by atoms with van der Waals surface area (Å²) in [5, 5.41) is 0. The van der Waals surface area contributed by atoms with E-state index < -0.39 is 6.10 Å². The van der Waals surface area contributed by atoms with Gasteiger partial charge < -0.3 is 14.2 Å². The smallest absolute Gasteiger partial charge is 0.306 e. The SMILES string of the molecule is CC/C=C\C/C=C\C/C=C\C/C=C\C/C=C\C/C=C\CCCCC(=O)OC(COC(=O)CCCCCCCCC/C=C\C/C=C\CCCCC)COC(=O)CCCCCCCCCC/C=C\C/C=C\C/C=C\CCCCCCC. The summed E-state index contributed by atoms with van der Waals surface area (Å²) < 4.78 is 16.9. The molecule has 0 N–H and O–H groups in total. The van der Waals surface area contributed by atoms with E-state index in [9.17, 15) is 14.4 Å². The van der Waals surface area contributed by atoms with Crippen LogP contribution in [0.15, 0.2) is 134 Å². The summed E-state index contributed by atoms with van der Waals surface area (Å²) in [6.07, 6.45) is 93.1. The minimum absolute atomic E-state index is 0.106. The van der Waals surface area contributed by atoms with Crippen molar-refractivity contribution in [3.63, 3.8) is 0 Å². The molecule has 0 fully saturated rings. The largest absolute Gasteiger partial charge is 0.462 e. The lowest BCUT2D eigenvalue weighted by molar-refractivity contribution is -0.167. The second-order valence-electron chi connectivity index (χ2n) is 21.3. The van der Waals surface area contributed by atoms with Crippen molar-refractivity contribution in [3.8, 4) is 0 Å². The standard InChI is InChI=1S/C73H120O6/c1-4-7-10-13-16-19-22-25-28-31-33-35-36-38-39-42-45-48-51-54-57-60-63-66-72(75)78-69-70(68-77-71(74)65-62-59-56-53-50-47-44-41-30-27-24-21-18-15-12-9-6-3)79-73(76)67-64-61-58-55-52-49-46-43-40-37-34-32-29-26-23-20-17-14-11-8-5-2/h8,11,17-18,20-22,25-27,29-31,33-34,36-38,43,46,52,55,70H,4-7,9-10,12-16,19,23-24,28,32,35,39-42,44-45,47-51,53-54,56-69H2,1-3H3/b11-8-,20-17-,21-18-,25-22-,29-26-,30-27-,33-31-,37-34-,38-36-,46-43-,55-52-. The third-order valence-electron chi connectivity index (χ3n) is 13.6. The maximum atomic E-state index is 12.9. The van der Waals surface area contributed by atoms with Gasteiger partial charge in [0, 0.05) is 19.3 Å². The Morgan fingerprint density at radius 3 is 0.823 bits per heavy atom. The Morgan fingerprint density at radius 2 is 0.494 bits per heavy atom. The van der Waals surface area contributed by atoms with Crippen molar-refractivity contribution in [2.24, 2.45) is 0 Å². The van der Waals surface area contributed by atoms with E-state index in [0.717, 1.165) is 122 Å². The van der Waals surface area contributed by atoms with Crippen LogP contribution in [0, 0.1) is 0 Å². The number of carbonyl (C=O) groups excluding carboxylic acids is 3. The molecule has 0 aliphatic carbocycles. The summed E-state index contributed by atoms with van der Waals surface area (Å²) in [4.78, 5) is 38.4. The first kappa shape index (κ1) is 74.5. The average molecular weight is 1090 g/mol. The van der Waals surface area contributed by atoms with Crippen molar-refractivity contribution in [1.82, 2.24) is 0 Å². The minimum atomic E-state index is -0.815. The van der Waals surface area contributed by atoms with Gasteiger partial charge in [-0.1, -0.05) is 264 Å². The molecule has 0 saturated heterocycles. The van der Waals surface area contributed by atoms with E-state index >= 15 is 0 Å². The average Bonchev–Trinajstić information content (AvgIpc) is 3.45. The normalized spacial score (nSPS) is 13.0. The van der Waals surface area contributed by atoms with E-state index in [1.807, 2.05) is 0 Å². The lowest BCUT2D eigenvalue weighted by Gasteiger charge is -2.18. The first-order valence-corrected chi connectivity index (χ1v) is 32.7. The number of rotatable bonds is 58. The van der Waals surface area contributed by atoms with Gasteiger partial charge in [-0.05, 0) is 141 Å². The number of allylic oxidation sites excluding steroid dienone is 22. The Morgan fingerprint density at radius 1 is 0.266 bits per heavy atom.